The van der Waals surface area contributed by atoms with E-state index in [-0.39, 0.29) is 24.1 Å². The second-order valence-electron chi connectivity index (χ2n) is 11.2. The number of para-hydroxylation sites is 1. The molecule has 5 heterocycles. The maximum Gasteiger partial charge on any atom is 0.373 e. The van der Waals surface area contributed by atoms with Crippen LogP contribution in [-0.4, -0.2) is 48.8 Å². The second-order valence-corrected chi connectivity index (χ2v) is 11.2. The fourth-order valence-electron chi connectivity index (χ4n) is 5.95. The minimum absolute atomic E-state index is 0.105. The number of ether oxygens (including phenoxy) is 2. The van der Waals surface area contributed by atoms with Crippen molar-refractivity contribution in [3.05, 3.63) is 101 Å². The van der Waals surface area contributed by atoms with Crippen molar-refractivity contribution >= 4 is 39.5 Å². The summed E-state index contributed by atoms with van der Waals surface area (Å²) in [6.45, 7) is 2.98. The summed E-state index contributed by atoms with van der Waals surface area (Å²) in [5.74, 6) is 1.14. The van der Waals surface area contributed by atoms with Gasteiger partial charge in [0, 0.05) is 12.3 Å². The highest BCUT2D eigenvalue weighted by Crippen LogP contribution is 2.31. The number of benzene rings is 2. The lowest BCUT2D eigenvalue weighted by Crippen LogP contribution is -2.28. The van der Waals surface area contributed by atoms with Gasteiger partial charge in [-0.25, -0.2) is 24.7 Å². The van der Waals surface area contributed by atoms with Crippen molar-refractivity contribution in [2.45, 2.75) is 51.4 Å². The summed E-state index contributed by atoms with van der Waals surface area (Å²) in [5, 5.41) is 7.24. The van der Waals surface area contributed by atoms with Gasteiger partial charge in [-0.15, -0.1) is 0 Å². The maximum absolute atomic E-state index is 14.5. The zero-order valence-corrected chi connectivity index (χ0v) is 26.1. The van der Waals surface area contributed by atoms with E-state index in [0.29, 0.717) is 63.9 Å². The van der Waals surface area contributed by atoms with E-state index in [2.05, 4.69) is 25.6 Å². The van der Waals surface area contributed by atoms with Gasteiger partial charge < -0.3 is 24.5 Å². The minimum atomic E-state index is -0.558. The highest BCUT2D eigenvalue weighted by molar-refractivity contribution is 5.91. The van der Waals surface area contributed by atoms with Gasteiger partial charge in [0.2, 0.25) is 5.76 Å². The quantitative estimate of drug-likeness (QED) is 0.177. The van der Waals surface area contributed by atoms with E-state index in [1.165, 1.54) is 13.4 Å². The molecular weight excluding hydrogens is 600 g/mol. The lowest BCUT2D eigenvalue weighted by molar-refractivity contribution is -0.0298. The zero-order valence-electron chi connectivity index (χ0n) is 26.1. The van der Waals surface area contributed by atoms with E-state index in [1.54, 1.807) is 23.0 Å². The normalized spacial score (nSPS) is 15.5. The number of hydrogen-bond acceptors (Lipinski definition) is 11. The predicted molar refractivity (Wildman–Crippen MR) is 176 cm³/mol. The number of imidazole rings is 1. The van der Waals surface area contributed by atoms with Crippen LogP contribution in [0.1, 0.15) is 67.0 Å². The molecule has 7 rings (SSSR count). The molecule has 0 spiro atoms. The third-order valence-electron chi connectivity index (χ3n) is 8.29. The Labute approximate surface area is 269 Å². The van der Waals surface area contributed by atoms with E-state index in [1.807, 2.05) is 60.0 Å². The first-order valence-electron chi connectivity index (χ1n) is 15.6. The van der Waals surface area contributed by atoms with Gasteiger partial charge in [-0.05, 0) is 62.1 Å². The van der Waals surface area contributed by atoms with Gasteiger partial charge in [0.15, 0.2) is 17.0 Å². The van der Waals surface area contributed by atoms with Crippen LogP contribution in [0.15, 0.2) is 82.5 Å². The molecule has 6 aromatic rings. The number of carbonyl (C=O) groups excluding carboxylic acids is 1. The minimum Gasteiger partial charge on any atom is -0.463 e. The number of esters is 1. The van der Waals surface area contributed by atoms with Crippen molar-refractivity contribution in [2.75, 3.05) is 24.4 Å². The van der Waals surface area contributed by atoms with Gasteiger partial charge in [-0.2, -0.15) is 0 Å². The molecular formula is C34H34N8O5. The zero-order chi connectivity index (χ0) is 32.3. The fourth-order valence-corrected chi connectivity index (χ4v) is 5.95. The Morgan fingerprint density at radius 2 is 1.94 bits per heavy atom. The summed E-state index contributed by atoms with van der Waals surface area (Å²) in [6, 6.07) is 17.8. The molecule has 0 bridgehead atoms. The number of anilines is 2. The van der Waals surface area contributed by atoms with Crippen molar-refractivity contribution in [3.8, 4) is 5.69 Å². The Morgan fingerprint density at radius 3 is 2.72 bits per heavy atom. The van der Waals surface area contributed by atoms with Gasteiger partial charge in [0.1, 0.15) is 24.1 Å². The summed E-state index contributed by atoms with van der Waals surface area (Å²) < 4.78 is 19.9. The van der Waals surface area contributed by atoms with Gasteiger partial charge in [-0.1, -0.05) is 31.2 Å². The average Bonchev–Trinajstić information content (AvgIpc) is 3.78. The molecule has 4 aromatic heterocycles. The number of fused-ring (bicyclic) bond motifs is 2. The van der Waals surface area contributed by atoms with Crippen molar-refractivity contribution < 1.29 is 18.7 Å². The third-order valence-corrected chi connectivity index (χ3v) is 8.29. The van der Waals surface area contributed by atoms with Crippen LogP contribution in [-0.2, 0) is 16.0 Å². The van der Waals surface area contributed by atoms with Crippen LogP contribution in [0, 0.1) is 0 Å². The van der Waals surface area contributed by atoms with Gasteiger partial charge in [-0.3, -0.25) is 13.9 Å². The highest BCUT2D eigenvalue weighted by Gasteiger charge is 2.25. The standard InChI is InChI=1S/C34H34N8O5/c1-3-23(39-30-29-32(37-19-36-30)41(20-38-29)27-14-7-8-17-46-27)31-40-25-13-9-12-24(35-18-22-15-16-26(47-22)34(44)45-2)28(25)33(43)42(31)21-10-5-4-6-11-21/h4-6,9-13,15-16,19-20,23,27,35H,3,7-8,14,17-18H2,1-2H3,(H,36,37,39)/t23-,27?/m0/s1. The summed E-state index contributed by atoms with van der Waals surface area (Å²) in [5.41, 5.74) is 2.86. The molecule has 1 aliphatic rings. The topological polar surface area (TPSA) is 151 Å². The van der Waals surface area contributed by atoms with Crippen LogP contribution in [0.25, 0.3) is 27.8 Å². The molecule has 1 unspecified atom stereocenters. The molecule has 0 radical (unpaired) electrons. The number of rotatable bonds is 10. The molecule has 2 atom stereocenters. The molecule has 1 aliphatic heterocycles. The van der Waals surface area contributed by atoms with Crippen LogP contribution in [0.5, 0.6) is 0 Å². The monoisotopic (exact) mass is 634 g/mol. The lowest BCUT2D eigenvalue weighted by atomic mass is 10.1. The average molecular weight is 635 g/mol. The van der Waals surface area contributed by atoms with Crippen LogP contribution >= 0.6 is 0 Å². The fraction of sp³-hybridized carbons (Fsp3) is 0.294. The van der Waals surface area contributed by atoms with E-state index >= 15 is 0 Å². The van der Waals surface area contributed by atoms with E-state index in [4.69, 9.17) is 18.9 Å². The van der Waals surface area contributed by atoms with E-state index in [0.717, 1.165) is 19.3 Å². The molecule has 0 aliphatic carbocycles. The Balaban J connectivity index is 1.28. The second kappa shape index (κ2) is 13.0. The van der Waals surface area contributed by atoms with E-state index < -0.39 is 12.0 Å². The summed E-state index contributed by atoms with van der Waals surface area (Å²) in [6.07, 6.45) is 6.78. The highest BCUT2D eigenvalue weighted by atomic mass is 16.5. The van der Waals surface area contributed by atoms with Gasteiger partial charge in [0.25, 0.3) is 5.56 Å². The molecule has 1 saturated heterocycles. The molecule has 0 saturated carbocycles. The first-order chi connectivity index (χ1) is 23.1. The smallest absolute Gasteiger partial charge is 0.373 e. The maximum atomic E-state index is 14.5. The van der Waals surface area contributed by atoms with Crippen LogP contribution < -0.4 is 16.2 Å². The first kappa shape index (κ1) is 30.1. The molecule has 13 heteroatoms. The Kier molecular flexibility index (Phi) is 8.36. The van der Waals surface area contributed by atoms with Crippen LogP contribution in [0.2, 0.25) is 0 Å². The Bertz CT molecular complexity index is 2100. The van der Waals surface area contributed by atoms with Crippen molar-refractivity contribution in [1.29, 1.82) is 0 Å². The van der Waals surface area contributed by atoms with Crippen molar-refractivity contribution in [2.24, 2.45) is 0 Å². The van der Waals surface area contributed by atoms with Crippen LogP contribution in [0.4, 0.5) is 11.5 Å². The van der Waals surface area contributed by atoms with Crippen molar-refractivity contribution in [3.63, 3.8) is 0 Å². The lowest BCUT2D eigenvalue weighted by Gasteiger charge is -2.24. The Hall–Kier alpha value is -5.56. The molecule has 13 nitrogen and oxygen atoms in total. The van der Waals surface area contributed by atoms with E-state index in [9.17, 15) is 9.59 Å². The third kappa shape index (κ3) is 5.81. The SMILES string of the molecule is CC[C@H](Nc1ncnc2c1ncn2C1CCCCO1)c1nc2cccc(NCc3ccc(C(=O)OC)o3)c2c(=O)n1-c1ccccc1. The largest absolute Gasteiger partial charge is 0.463 e. The number of aromatic nitrogens is 6. The summed E-state index contributed by atoms with van der Waals surface area (Å²) in [7, 11) is 1.30. The van der Waals surface area contributed by atoms with Gasteiger partial charge >= 0.3 is 5.97 Å². The Morgan fingerprint density at radius 1 is 1.06 bits per heavy atom. The molecule has 2 N–H and O–H groups in total. The molecule has 1 fully saturated rings. The number of methoxy groups -OCH3 is 1. The predicted octanol–water partition coefficient (Wildman–Crippen LogP) is 5.78. The number of carbonyl (C=O) groups is 1. The number of nitrogens with one attached hydrogen (secondary N) is 2. The first-order valence-corrected chi connectivity index (χ1v) is 15.6. The van der Waals surface area contributed by atoms with Gasteiger partial charge in [0.05, 0.1) is 42.6 Å². The summed E-state index contributed by atoms with van der Waals surface area (Å²) >= 11 is 0. The number of nitrogens with zero attached hydrogens (tertiary/aromatic N) is 6. The number of hydrogen-bond donors (Lipinski definition) is 2. The molecule has 2 aromatic carbocycles. The van der Waals surface area contributed by atoms with Crippen LogP contribution in [0.3, 0.4) is 0 Å². The number of furan rings is 1. The van der Waals surface area contributed by atoms with Crippen molar-refractivity contribution in [1.82, 2.24) is 29.1 Å². The molecule has 240 valence electrons. The summed E-state index contributed by atoms with van der Waals surface area (Å²) in [4.78, 5) is 45.2. The molecule has 0 amide bonds. The molecule has 47 heavy (non-hydrogen) atoms.